The van der Waals surface area contributed by atoms with E-state index in [9.17, 15) is 0 Å². The Labute approximate surface area is 83.2 Å². The predicted octanol–water partition coefficient (Wildman–Crippen LogP) is 1.64. The highest BCUT2D eigenvalue weighted by Gasteiger charge is 2.01. The van der Waals surface area contributed by atoms with Crippen LogP contribution in [0.4, 0.5) is 0 Å². The fourth-order valence-electron chi connectivity index (χ4n) is 1.42. The van der Waals surface area contributed by atoms with Crippen LogP contribution in [0.25, 0.3) is 5.69 Å². The van der Waals surface area contributed by atoms with Crippen molar-refractivity contribution in [3.05, 3.63) is 47.8 Å². The van der Waals surface area contributed by atoms with Crippen LogP contribution in [0.5, 0.6) is 0 Å². The molecule has 0 aliphatic heterocycles. The SMILES string of the molecule is Cc1ccccc1-n1cc(CN)cn1. The Morgan fingerprint density at radius 1 is 1.36 bits per heavy atom. The first kappa shape index (κ1) is 8.97. The second kappa shape index (κ2) is 3.64. The predicted molar refractivity (Wildman–Crippen MR) is 56.2 cm³/mol. The Morgan fingerprint density at radius 3 is 2.79 bits per heavy atom. The molecule has 0 saturated carbocycles. The van der Waals surface area contributed by atoms with E-state index in [1.54, 1.807) is 6.20 Å². The van der Waals surface area contributed by atoms with Crippen molar-refractivity contribution >= 4 is 0 Å². The van der Waals surface area contributed by atoms with E-state index in [4.69, 9.17) is 5.73 Å². The number of rotatable bonds is 2. The van der Waals surface area contributed by atoms with Gasteiger partial charge < -0.3 is 5.73 Å². The summed E-state index contributed by atoms with van der Waals surface area (Å²) < 4.78 is 1.86. The standard InChI is InChI=1S/C11H13N3/c1-9-4-2-3-5-11(9)14-8-10(6-12)7-13-14/h2-5,7-8H,6,12H2,1H3. The monoisotopic (exact) mass is 187 g/mol. The number of hydrogen-bond donors (Lipinski definition) is 1. The molecule has 0 saturated heterocycles. The second-order valence-electron chi connectivity index (χ2n) is 3.28. The minimum absolute atomic E-state index is 0.534. The zero-order valence-electron chi connectivity index (χ0n) is 8.14. The zero-order chi connectivity index (χ0) is 9.97. The van der Waals surface area contributed by atoms with E-state index >= 15 is 0 Å². The van der Waals surface area contributed by atoms with Gasteiger partial charge in [0.1, 0.15) is 0 Å². The normalized spacial score (nSPS) is 10.4. The highest BCUT2D eigenvalue weighted by Crippen LogP contribution is 2.12. The van der Waals surface area contributed by atoms with Crippen molar-refractivity contribution in [2.75, 3.05) is 0 Å². The summed E-state index contributed by atoms with van der Waals surface area (Å²) in [5.41, 5.74) is 8.89. The number of hydrogen-bond acceptors (Lipinski definition) is 2. The largest absolute Gasteiger partial charge is 0.326 e. The van der Waals surface area contributed by atoms with E-state index in [0.29, 0.717) is 6.54 Å². The summed E-state index contributed by atoms with van der Waals surface area (Å²) >= 11 is 0. The molecule has 1 heterocycles. The van der Waals surface area contributed by atoms with E-state index in [2.05, 4.69) is 18.1 Å². The van der Waals surface area contributed by atoms with Gasteiger partial charge in [0.2, 0.25) is 0 Å². The number of aromatic nitrogens is 2. The summed E-state index contributed by atoms with van der Waals surface area (Å²) in [5, 5.41) is 4.25. The molecule has 0 unspecified atom stereocenters. The summed E-state index contributed by atoms with van der Waals surface area (Å²) in [6.45, 7) is 2.60. The maximum absolute atomic E-state index is 5.53. The highest BCUT2D eigenvalue weighted by molar-refractivity contribution is 5.39. The van der Waals surface area contributed by atoms with E-state index in [0.717, 1.165) is 11.3 Å². The third-order valence-electron chi connectivity index (χ3n) is 2.23. The number of aryl methyl sites for hydroxylation is 1. The minimum atomic E-state index is 0.534. The van der Waals surface area contributed by atoms with E-state index < -0.39 is 0 Å². The maximum atomic E-state index is 5.53. The summed E-state index contributed by atoms with van der Waals surface area (Å²) in [6.07, 6.45) is 3.76. The summed E-state index contributed by atoms with van der Waals surface area (Å²) in [6, 6.07) is 8.14. The molecule has 14 heavy (non-hydrogen) atoms. The lowest BCUT2D eigenvalue weighted by molar-refractivity contribution is 0.872. The molecule has 3 nitrogen and oxygen atoms in total. The topological polar surface area (TPSA) is 43.8 Å². The van der Waals surface area contributed by atoms with Gasteiger partial charge in [0.05, 0.1) is 11.9 Å². The Morgan fingerprint density at radius 2 is 2.14 bits per heavy atom. The van der Waals surface area contributed by atoms with Crippen LogP contribution in [0.1, 0.15) is 11.1 Å². The minimum Gasteiger partial charge on any atom is -0.326 e. The summed E-state index contributed by atoms with van der Waals surface area (Å²) in [5.74, 6) is 0. The van der Waals surface area contributed by atoms with Crippen molar-refractivity contribution in [2.24, 2.45) is 5.73 Å². The van der Waals surface area contributed by atoms with Gasteiger partial charge in [0, 0.05) is 18.3 Å². The van der Waals surface area contributed by atoms with Crippen LogP contribution in [0.3, 0.4) is 0 Å². The van der Waals surface area contributed by atoms with E-state index in [1.165, 1.54) is 5.56 Å². The Kier molecular flexibility index (Phi) is 2.33. The van der Waals surface area contributed by atoms with Crippen LogP contribution in [0, 0.1) is 6.92 Å². The highest BCUT2D eigenvalue weighted by atomic mass is 15.3. The van der Waals surface area contributed by atoms with Crippen LogP contribution in [-0.4, -0.2) is 9.78 Å². The summed E-state index contributed by atoms with van der Waals surface area (Å²) in [4.78, 5) is 0. The molecule has 3 heteroatoms. The smallest absolute Gasteiger partial charge is 0.0674 e. The van der Waals surface area contributed by atoms with Crippen LogP contribution >= 0.6 is 0 Å². The molecule has 1 aromatic heterocycles. The van der Waals surface area contributed by atoms with Gasteiger partial charge in [-0.1, -0.05) is 18.2 Å². The molecule has 0 fully saturated rings. The zero-order valence-corrected chi connectivity index (χ0v) is 8.14. The first-order valence-electron chi connectivity index (χ1n) is 4.61. The van der Waals surface area contributed by atoms with Crippen LogP contribution in [0.15, 0.2) is 36.7 Å². The first-order chi connectivity index (χ1) is 6.81. The molecule has 0 aliphatic rings. The van der Waals surface area contributed by atoms with Gasteiger partial charge in [-0.3, -0.25) is 0 Å². The van der Waals surface area contributed by atoms with Crippen LogP contribution < -0.4 is 5.73 Å². The van der Waals surface area contributed by atoms with Crippen LogP contribution in [0.2, 0.25) is 0 Å². The van der Waals surface area contributed by atoms with Gasteiger partial charge in [-0.05, 0) is 18.6 Å². The van der Waals surface area contributed by atoms with Gasteiger partial charge in [-0.25, -0.2) is 4.68 Å². The van der Waals surface area contributed by atoms with Crippen molar-refractivity contribution < 1.29 is 0 Å². The molecule has 1 aromatic carbocycles. The van der Waals surface area contributed by atoms with Crippen molar-refractivity contribution in [1.82, 2.24) is 9.78 Å². The fraction of sp³-hybridized carbons (Fsp3) is 0.182. The lowest BCUT2D eigenvalue weighted by Gasteiger charge is -2.04. The second-order valence-corrected chi connectivity index (χ2v) is 3.28. The molecular formula is C11H13N3. The molecule has 2 N–H and O–H groups in total. The average molecular weight is 187 g/mol. The first-order valence-corrected chi connectivity index (χ1v) is 4.61. The molecule has 2 rings (SSSR count). The molecule has 0 atom stereocenters. The molecule has 0 aliphatic carbocycles. The number of benzene rings is 1. The third-order valence-corrected chi connectivity index (χ3v) is 2.23. The molecule has 2 aromatic rings. The molecule has 0 radical (unpaired) electrons. The molecule has 72 valence electrons. The lowest BCUT2D eigenvalue weighted by atomic mass is 10.2. The molecule has 0 bridgehead atoms. The number of nitrogens with zero attached hydrogens (tertiary/aromatic N) is 2. The molecule has 0 spiro atoms. The van der Waals surface area contributed by atoms with Crippen molar-refractivity contribution in [1.29, 1.82) is 0 Å². The fourth-order valence-corrected chi connectivity index (χ4v) is 1.42. The Bertz CT molecular complexity index is 432. The maximum Gasteiger partial charge on any atom is 0.0674 e. The van der Waals surface area contributed by atoms with E-state index in [-0.39, 0.29) is 0 Å². The van der Waals surface area contributed by atoms with Gasteiger partial charge >= 0.3 is 0 Å². The van der Waals surface area contributed by atoms with Gasteiger partial charge in [-0.15, -0.1) is 0 Å². The average Bonchev–Trinajstić information content (AvgIpc) is 2.67. The van der Waals surface area contributed by atoms with Gasteiger partial charge in [0.15, 0.2) is 0 Å². The van der Waals surface area contributed by atoms with Gasteiger partial charge in [-0.2, -0.15) is 5.10 Å². The molecular weight excluding hydrogens is 174 g/mol. The van der Waals surface area contributed by atoms with E-state index in [1.807, 2.05) is 29.1 Å². The lowest BCUT2D eigenvalue weighted by Crippen LogP contribution is -1.97. The number of nitrogens with two attached hydrogens (primary N) is 1. The van der Waals surface area contributed by atoms with Crippen molar-refractivity contribution in [2.45, 2.75) is 13.5 Å². The summed E-state index contributed by atoms with van der Waals surface area (Å²) in [7, 11) is 0. The van der Waals surface area contributed by atoms with Crippen molar-refractivity contribution in [3.63, 3.8) is 0 Å². The van der Waals surface area contributed by atoms with Crippen LogP contribution in [-0.2, 0) is 6.54 Å². The van der Waals surface area contributed by atoms with Gasteiger partial charge in [0.25, 0.3) is 0 Å². The van der Waals surface area contributed by atoms with Crippen molar-refractivity contribution in [3.8, 4) is 5.69 Å². The number of para-hydroxylation sites is 1. The third kappa shape index (κ3) is 1.54. The Balaban J connectivity index is 2.44. The Hall–Kier alpha value is -1.61. The molecule has 0 amide bonds. The quantitative estimate of drug-likeness (QED) is 0.776.